The molecule has 0 spiro atoms. The maximum absolute atomic E-state index is 12.9. The van der Waals surface area contributed by atoms with Crippen LogP contribution in [0.15, 0.2) is 47.4 Å². The molecule has 0 saturated carbocycles. The van der Waals surface area contributed by atoms with Gasteiger partial charge in [-0.25, -0.2) is 0 Å². The van der Waals surface area contributed by atoms with E-state index < -0.39 is 0 Å². The van der Waals surface area contributed by atoms with Crippen LogP contribution in [0.2, 0.25) is 0 Å². The van der Waals surface area contributed by atoms with E-state index in [2.05, 4.69) is 19.1 Å². The molecule has 0 N–H and O–H groups in total. The van der Waals surface area contributed by atoms with E-state index in [0.717, 1.165) is 24.2 Å². The predicted octanol–water partition coefficient (Wildman–Crippen LogP) is 4.55. The Kier molecular flexibility index (Phi) is 6.09. The summed E-state index contributed by atoms with van der Waals surface area (Å²) in [4.78, 5) is 16.1. The lowest BCUT2D eigenvalue weighted by molar-refractivity contribution is -0.118. The minimum atomic E-state index is 0.168. The molecule has 0 radical (unpaired) electrons. The molecule has 138 valence electrons. The van der Waals surface area contributed by atoms with E-state index in [4.69, 9.17) is 9.47 Å². The topological polar surface area (TPSA) is 38.8 Å². The zero-order valence-electron chi connectivity index (χ0n) is 15.5. The lowest BCUT2D eigenvalue weighted by Gasteiger charge is -2.22. The Labute approximate surface area is 159 Å². The second kappa shape index (κ2) is 8.49. The number of fused-ring (bicyclic) bond motifs is 1. The highest BCUT2D eigenvalue weighted by Gasteiger charge is 2.23. The highest BCUT2D eigenvalue weighted by molar-refractivity contribution is 8.00. The van der Waals surface area contributed by atoms with Gasteiger partial charge < -0.3 is 14.4 Å². The molecule has 1 atom stereocenters. The number of ether oxygens (including phenoxy) is 2. The normalized spacial score (nSPS) is 16.6. The van der Waals surface area contributed by atoms with Gasteiger partial charge in [0.25, 0.3) is 0 Å². The molecule has 0 fully saturated rings. The Morgan fingerprint density at radius 3 is 2.69 bits per heavy atom. The average molecular weight is 372 g/mol. The Balaban J connectivity index is 1.72. The van der Waals surface area contributed by atoms with E-state index in [-0.39, 0.29) is 5.91 Å². The number of nitrogens with zero attached hydrogens (tertiary/aromatic N) is 1. The number of anilines is 1. The molecule has 2 aromatic rings. The number of aryl methyl sites for hydroxylation is 1. The molecule has 0 saturated heterocycles. The molecule has 1 unspecified atom stereocenters. The lowest BCUT2D eigenvalue weighted by Crippen LogP contribution is -2.32. The number of thioether (sulfide) groups is 1. The van der Waals surface area contributed by atoms with E-state index in [9.17, 15) is 4.79 Å². The molecular formula is C21H25NO3S. The second-order valence-electron chi connectivity index (χ2n) is 6.42. The Morgan fingerprint density at radius 2 is 1.92 bits per heavy atom. The van der Waals surface area contributed by atoms with E-state index >= 15 is 0 Å². The van der Waals surface area contributed by atoms with Gasteiger partial charge in [-0.2, -0.15) is 0 Å². The van der Waals surface area contributed by atoms with Gasteiger partial charge in [-0.3, -0.25) is 4.79 Å². The van der Waals surface area contributed by atoms with Gasteiger partial charge >= 0.3 is 0 Å². The van der Waals surface area contributed by atoms with Crippen molar-refractivity contribution in [3.05, 3.63) is 48.0 Å². The van der Waals surface area contributed by atoms with Crippen LogP contribution in [-0.4, -0.2) is 31.9 Å². The van der Waals surface area contributed by atoms with Gasteiger partial charge in [-0.1, -0.05) is 25.1 Å². The zero-order valence-corrected chi connectivity index (χ0v) is 16.3. The van der Waals surface area contributed by atoms with Crippen molar-refractivity contribution in [1.29, 1.82) is 0 Å². The smallest absolute Gasteiger partial charge is 0.227 e. The number of rotatable bonds is 5. The Bertz CT molecular complexity index is 778. The van der Waals surface area contributed by atoms with Crippen LogP contribution in [0.3, 0.4) is 0 Å². The van der Waals surface area contributed by atoms with Crippen molar-refractivity contribution >= 4 is 23.4 Å². The standard InChI is InChI=1S/C21H25NO3S/c1-15-12-13-22(17-6-4-5-7-20(17)26-15)21(23)11-9-16-8-10-18(24-2)19(14-16)25-3/h4-8,10,14-15H,9,11-13H2,1-3H3. The van der Waals surface area contributed by atoms with Crippen molar-refractivity contribution in [2.45, 2.75) is 36.3 Å². The molecule has 5 heteroatoms. The highest BCUT2D eigenvalue weighted by atomic mass is 32.2. The zero-order chi connectivity index (χ0) is 18.5. The van der Waals surface area contributed by atoms with Crippen LogP contribution in [0.4, 0.5) is 5.69 Å². The van der Waals surface area contributed by atoms with Crippen molar-refractivity contribution in [3.63, 3.8) is 0 Å². The molecule has 26 heavy (non-hydrogen) atoms. The number of amides is 1. The third-order valence-electron chi connectivity index (χ3n) is 4.62. The highest BCUT2D eigenvalue weighted by Crippen LogP contribution is 2.37. The molecule has 3 rings (SSSR count). The van der Waals surface area contributed by atoms with E-state index in [1.165, 1.54) is 4.90 Å². The minimum Gasteiger partial charge on any atom is -0.493 e. The van der Waals surface area contributed by atoms with Crippen molar-refractivity contribution in [3.8, 4) is 11.5 Å². The molecule has 0 aromatic heterocycles. The largest absolute Gasteiger partial charge is 0.493 e. The van der Waals surface area contributed by atoms with Crippen LogP contribution in [0, 0.1) is 0 Å². The second-order valence-corrected chi connectivity index (χ2v) is 7.90. The van der Waals surface area contributed by atoms with Crippen LogP contribution in [0.5, 0.6) is 11.5 Å². The molecular weight excluding hydrogens is 346 g/mol. The Morgan fingerprint density at radius 1 is 1.15 bits per heavy atom. The van der Waals surface area contributed by atoms with E-state index in [0.29, 0.717) is 29.6 Å². The first-order chi connectivity index (χ1) is 12.6. The predicted molar refractivity (Wildman–Crippen MR) is 107 cm³/mol. The monoisotopic (exact) mass is 371 g/mol. The van der Waals surface area contributed by atoms with Gasteiger partial charge in [0, 0.05) is 23.1 Å². The molecule has 1 heterocycles. The molecule has 0 aliphatic carbocycles. The minimum absolute atomic E-state index is 0.168. The summed E-state index contributed by atoms with van der Waals surface area (Å²) in [5.41, 5.74) is 2.11. The van der Waals surface area contributed by atoms with Crippen LogP contribution in [0.25, 0.3) is 0 Å². The number of hydrogen-bond acceptors (Lipinski definition) is 4. The van der Waals surface area contributed by atoms with Gasteiger partial charge in [0.1, 0.15) is 0 Å². The fourth-order valence-corrected chi connectivity index (χ4v) is 4.28. The van der Waals surface area contributed by atoms with Gasteiger partial charge in [0.2, 0.25) is 5.91 Å². The summed E-state index contributed by atoms with van der Waals surface area (Å²) in [6.45, 7) is 3.00. The van der Waals surface area contributed by atoms with Crippen molar-refractivity contribution in [1.82, 2.24) is 0 Å². The number of benzene rings is 2. The summed E-state index contributed by atoms with van der Waals surface area (Å²) in [6, 6.07) is 14.0. The maximum Gasteiger partial charge on any atom is 0.227 e. The third-order valence-corrected chi connectivity index (χ3v) is 5.86. The summed E-state index contributed by atoms with van der Waals surface area (Å²) in [5.74, 6) is 1.57. The molecule has 1 aliphatic heterocycles. The van der Waals surface area contributed by atoms with Gasteiger partial charge in [-0.15, -0.1) is 11.8 Å². The summed E-state index contributed by atoms with van der Waals surface area (Å²) in [6.07, 6.45) is 2.16. The summed E-state index contributed by atoms with van der Waals surface area (Å²) in [5, 5.41) is 0.514. The van der Waals surface area contributed by atoms with Crippen molar-refractivity contribution in [2.75, 3.05) is 25.7 Å². The van der Waals surface area contributed by atoms with Crippen LogP contribution >= 0.6 is 11.8 Å². The first-order valence-electron chi connectivity index (χ1n) is 8.89. The number of carbonyl (C=O) groups is 1. The molecule has 0 bridgehead atoms. The first-order valence-corrected chi connectivity index (χ1v) is 9.77. The average Bonchev–Trinajstić information content (AvgIpc) is 2.84. The van der Waals surface area contributed by atoms with Crippen molar-refractivity contribution in [2.24, 2.45) is 0 Å². The van der Waals surface area contributed by atoms with Crippen LogP contribution in [-0.2, 0) is 11.2 Å². The number of methoxy groups -OCH3 is 2. The fraction of sp³-hybridized carbons (Fsp3) is 0.381. The summed E-state index contributed by atoms with van der Waals surface area (Å²) < 4.78 is 10.6. The maximum atomic E-state index is 12.9. The molecule has 2 aromatic carbocycles. The van der Waals surface area contributed by atoms with Gasteiger partial charge in [0.15, 0.2) is 11.5 Å². The van der Waals surface area contributed by atoms with E-state index in [1.54, 1.807) is 14.2 Å². The number of carbonyl (C=O) groups excluding carboxylic acids is 1. The number of para-hydroxylation sites is 1. The molecule has 4 nitrogen and oxygen atoms in total. The fourth-order valence-electron chi connectivity index (χ4n) is 3.17. The molecule has 1 aliphatic rings. The third kappa shape index (κ3) is 4.15. The van der Waals surface area contributed by atoms with Crippen LogP contribution < -0.4 is 14.4 Å². The number of hydrogen-bond donors (Lipinski definition) is 0. The first kappa shape index (κ1) is 18.6. The molecule has 1 amide bonds. The van der Waals surface area contributed by atoms with Gasteiger partial charge in [-0.05, 0) is 42.7 Å². The SMILES string of the molecule is COc1ccc(CCC(=O)N2CCC(C)Sc3ccccc32)cc1OC. The lowest BCUT2D eigenvalue weighted by atomic mass is 10.1. The van der Waals surface area contributed by atoms with Crippen molar-refractivity contribution < 1.29 is 14.3 Å². The summed E-state index contributed by atoms with van der Waals surface area (Å²) >= 11 is 1.85. The summed E-state index contributed by atoms with van der Waals surface area (Å²) in [7, 11) is 3.25. The quantitative estimate of drug-likeness (QED) is 0.773. The van der Waals surface area contributed by atoms with E-state index in [1.807, 2.05) is 47.0 Å². The Hall–Kier alpha value is -2.14. The van der Waals surface area contributed by atoms with Crippen LogP contribution in [0.1, 0.15) is 25.3 Å². The van der Waals surface area contributed by atoms with Gasteiger partial charge in [0.05, 0.1) is 19.9 Å².